The van der Waals surface area contributed by atoms with E-state index < -0.39 is 5.41 Å². The summed E-state index contributed by atoms with van der Waals surface area (Å²) >= 11 is 12.2. The Morgan fingerprint density at radius 2 is 1.86 bits per heavy atom. The Morgan fingerprint density at radius 1 is 1.07 bits per heavy atom. The van der Waals surface area contributed by atoms with Gasteiger partial charge in [0.05, 0.1) is 17.2 Å². The minimum absolute atomic E-state index is 0.559. The van der Waals surface area contributed by atoms with Crippen LogP contribution in [0.2, 0.25) is 10.0 Å². The van der Waals surface area contributed by atoms with Crippen molar-refractivity contribution >= 4 is 29.0 Å². The van der Waals surface area contributed by atoms with Gasteiger partial charge < -0.3 is 5.32 Å². The van der Waals surface area contributed by atoms with Gasteiger partial charge in [-0.05, 0) is 56.5 Å². The van der Waals surface area contributed by atoms with E-state index in [4.69, 9.17) is 23.2 Å². The van der Waals surface area contributed by atoms with Gasteiger partial charge in [0.15, 0.2) is 0 Å². The number of aryl methyl sites for hydroxylation is 1. The number of nitriles is 1. The monoisotopic (exact) mass is 424 g/mol. The summed E-state index contributed by atoms with van der Waals surface area (Å²) in [7, 11) is 0. The van der Waals surface area contributed by atoms with E-state index >= 15 is 0 Å². The molecule has 0 bridgehead atoms. The smallest absolute Gasteiger partial charge is 0.130 e. The molecule has 0 radical (unpaired) electrons. The fourth-order valence-electron chi connectivity index (χ4n) is 2.99. The van der Waals surface area contributed by atoms with E-state index in [2.05, 4.69) is 21.4 Å². The van der Waals surface area contributed by atoms with E-state index in [1.807, 2.05) is 63.2 Å². The lowest BCUT2D eigenvalue weighted by atomic mass is 9.85. The highest BCUT2D eigenvalue weighted by Gasteiger charge is 2.20. The predicted molar refractivity (Wildman–Crippen MR) is 119 cm³/mol. The molecule has 0 spiro atoms. The molecule has 0 fully saturated rings. The van der Waals surface area contributed by atoms with Crippen molar-refractivity contribution in [2.75, 3.05) is 11.9 Å². The van der Waals surface area contributed by atoms with Gasteiger partial charge in [-0.1, -0.05) is 47.5 Å². The maximum atomic E-state index is 9.42. The molecule has 4 nitrogen and oxygen atoms in total. The van der Waals surface area contributed by atoms with Gasteiger partial charge in [-0.2, -0.15) is 5.26 Å². The van der Waals surface area contributed by atoms with Gasteiger partial charge in [0, 0.05) is 28.2 Å². The molecule has 6 heteroatoms. The average molecular weight is 425 g/mol. The molecule has 0 aliphatic rings. The summed E-state index contributed by atoms with van der Waals surface area (Å²) in [4.78, 5) is 9.06. The third kappa shape index (κ3) is 5.26. The Bertz CT molecular complexity index is 1070. The molecule has 0 unspecified atom stereocenters. The van der Waals surface area contributed by atoms with Gasteiger partial charge in [-0.25, -0.2) is 9.97 Å². The normalized spacial score (nSPS) is 11.2. The summed E-state index contributed by atoms with van der Waals surface area (Å²) < 4.78 is 0. The van der Waals surface area contributed by atoms with Crippen molar-refractivity contribution in [3.8, 4) is 17.3 Å². The Morgan fingerprint density at radius 3 is 2.59 bits per heavy atom. The number of hydrogen-bond acceptors (Lipinski definition) is 4. The fraction of sp³-hybridized carbons (Fsp3) is 0.261. The minimum atomic E-state index is -0.559. The van der Waals surface area contributed by atoms with Crippen LogP contribution in [0.1, 0.15) is 30.8 Å². The molecule has 0 saturated heterocycles. The molecule has 3 aromatic rings. The second-order valence-electron chi connectivity index (χ2n) is 7.42. The number of benzene rings is 2. The second-order valence-corrected chi connectivity index (χ2v) is 8.26. The van der Waals surface area contributed by atoms with E-state index in [0.29, 0.717) is 22.4 Å². The van der Waals surface area contributed by atoms with Gasteiger partial charge in [0.2, 0.25) is 0 Å². The Labute approximate surface area is 181 Å². The lowest BCUT2D eigenvalue weighted by Gasteiger charge is -2.17. The van der Waals surface area contributed by atoms with Crippen LogP contribution in [0, 0.1) is 18.3 Å². The van der Waals surface area contributed by atoms with E-state index in [-0.39, 0.29) is 0 Å². The van der Waals surface area contributed by atoms with E-state index in [0.717, 1.165) is 34.6 Å². The second kappa shape index (κ2) is 8.82. The molecule has 0 saturated carbocycles. The van der Waals surface area contributed by atoms with Gasteiger partial charge in [-0.15, -0.1) is 0 Å². The SMILES string of the molecule is Cc1nc(NCCc2ccc(Cl)cc2Cl)cc(-c2cccc(C(C)(C)C#N)c2)n1. The van der Waals surface area contributed by atoms with Crippen molar-refractivity contribution in [3.05, 3.63) is 75.5 Å². The summed E-state index contributed by atoms with van der Waals surface area (Å²) in [5.41, 5.74) is 3.21. The number of halogens is 2. The van der Waals surface area contributed by atoms with Crippen molar-refractivity contribution in [1.82, 2.24) is 9.97 Å². The predicted octanol–water partition coefficient (Wildman–Crippen LogP) is 6.21. The number of rotatable bonds is 6. The van der Waals surface area contributed by atoms with Crippen LogP contribution in [-0.2, 0) is 11.8 Å². The quantitative estimate of drug-likeness (QED) is 0.510. The molecule has 148 valence electrons. The first-order valence-electron chi connectivity index (χ1n) is 9.34. The van der Waals surface area contributed by atoms with Crippen LogP contribution >= 0.6 is 23.2 Å². The van der Waals surface area contributed by atoms with Crippen LogP contribution in [0.3, 0.4) is 0 Å². The molecule has 29 heavy (non-hydrogen) atoms. The zero-order valence-corrected chi connectivity index (χ0v) is 18.1. The van der Waals surface area contributed by atoms with E-state index in [9.17, 15) is 5.26 Å². The van der Waals surface area contributed by atoms with E-state index in [1.54, 1.807) is 6.07 Å². The fourth-order valence-corrected chi connectivity index (χ4v) is 3.49. The molecule has 0 atom stereocenters. The standard InChI is InChI=1S/C23H22Cl2N4/c1-15-28-21(17-5-4-6-18(11-17)23(2,3)14-26)13-22(29-15)27-10-9-16-7-8-19(24)12-20(16)25/h4-8,11-13H,9-10H2,1-3H3,(H,27,28,29). The van der Waals surface area contributed by atoms with Gasteiger partial charge in [0.1, 0.15) is 11.6 Å². The molecule has 1 aromatic heterocycles. The van der Waals surface area contributed by atoms with Crippen molar-refractivity contribution < 1.29 is 0 Å². The zero-order valence-electron chi connectivity index (χ0n) is 16.6. The largest absolute Gasteiger partial charge is 0.370 e. The highest BCUT2D eigenvalue weighted by atomic mass is 35.5. The first-order chi connectivity index (χ1) is 13.8. The van der Waals surface area contributed by atoms with Crippen molar-refractivity contribution in [2.24, 2.45) is 0 Å². The van der Waals surface area contributed by atoms with Gasteiger partial charge >= 0.3 is 0 Å². The molecule has 3 rings (SSSR count). The third-order valence-corrected chi connectivity index (χ3v) is 5.30. The number of anilines is 1. The topological polar surface area (TPSA) is 61.6 Å². The van der Waals surface area contributed by atoms with Crippen LogP contribution in [0.4, 0.5) is 5.82 Å². The number of nitrogens with one attached hydrogen (secondary N) is 1. The molecule has 0 aliphatic heterocycles. The highest BCUT2D eigenvalue weighted by Crippen LogP contribution is 2.28. The Hall–Kier alpha value is -2.61. The van der Waals surface area contributed by atoms with Crippen LogP contribution < -0.4 is 5.32 Å². The van der Waals surface area contributed by atoms with Crippen LogP contribution in [-0.4, -0.2) is 16.5 Å². The molecule has 2 aromatic carbocycles. The molecule has 0 aliphatic carbocycles. The van der Waals surface area contributed by atoms with Gasteiger partial charge in [-0.3, -0.25) is 0 Å². The average Bonchev–Trinajstić information content (AvgIpc) is 2.69. The zero-order chi connectivity index (χ0) is 21.0. The van der Waals surface area contributed by atoms with Gasteiger partial charge in [0.25, 0.3) is 0 Å². The summed E-state index contributed by atoms with van der Waals surface area (Å²) in [6.07, 6.45) is 0.750. The maximum absolute atomic E-state index is 9.42. The van der Waals surface area contributed by atoms with Crippen molar-refractivity contribution in [3.63, 3.8) is 0 Å². The molecular weight excluding hydrogens is 403 g/mol. The molecular formula is C23H22Cl2N4. The summed E-state index contributed by atoms with van der Waals surface area (Å²) in [6.45, 7) is 6.37. The molecule has 0 amide bonds. The summed E-state index contributed by atoms with van der Waals surface area (Å²) in [6, 6.07) is 17.7. The van der Waals surface area contributed by atoms with Crippen LogP contribution in [0.15, 0.2) is 48.5 Å². The van der Waals surface area contributed by atoms with E-state index in [1.165, 1.54) is 0 Å². The highest BCUT2D eigenvalue weighted by molar-refractivity contribution is 6.35. The number of nitrogens with zero attached hydrogens (tertiary/aromatic N) is 3. The van der Waals surface area contributed by atoms with Crippen LogP contribution in [0.5, 0.6) is 0 Å². The van der Waals surface area contributed by atoms with Crippen molar-refractivity contribution in [1.29, 1.82) is 5.26 Å². The number of hydrogen-bond donors (Lipinski definition) is 1. The molecule has 1 N–H and O–H groups in total. The summed E-state index contributed by atoms with van der Waals surface area (Å²) in [5, 5.41) is 14.1. The van der Waals surface area contributed by atoms with Crippen LogP contribution in [0.25, 0.3) is 11.3 Å². The maximum Gasteiger partial charge on any atom is 0.130 e. The minimum Gasteiger partial charge on any atom is -0.370 e. The lowest BCUT2D eigenvalue weighted by molar-refractivity contribution is 0.687. The Kier molecular flexibility index (Phi) is 6.42. The lowest BCUT2D eigenvalue weighted by Crippen LogP contribution is -2.13. The summed E-state index contributed by atoms with van der Waals surface area (Å²) in [5.74, 6) is 1.43. The van der Waals surface area contributed by atoms with Crippen molar-refractivity contribution in [2.45, 2.75) is 32.6 Å². The first kappa shape index (κ1) is 21.1. The Balaban J connectivity index is 1.78. The first-order valence-corrected chi connectivity index (χ1v) is 10.1. The number of aromatic nitrogens is 2. The third-order valence-electron chi connectivity index (χ3n) is 4.71. The molecule has 1 heterocycles.